The minimum absolute atomic E-state index is 0.0776. The molecule has 2 rings (SSSR count). The van der Waals surface area contributed by atoms with E-state index in [0.29, 0.717) is 18.6 Å². The number of carbonyl (C=O) groups is 2. The van der Waals surface area contributed by atoms with Gasteiger partial charge in [-0.1, -0.05) is 6.92 Å². The van der Waals surface area contributed by atoms with Crippen molar-refractivity contribution in [2.24, 2.45) is 0 Å². The Bertz CT molecular complexity index is 439. The van der Waals surface area contributed by atoms with Gasteiger partial charge >= 0.3 is 0 Å². The summed E-state index contributed by atoms with van der Waals surface area (Å²) in [4.78, 5) is 24.5. The van der Waals surface area contributed by atoms with E-state index in [9.17, 15) is 9.59 Å². The van der Waals surface area contributed by atoms with E-state index in [1.54, 1.807) is 17.0 Å². The molecule has 18 heavy (non-hydrogen) atoms. The average molecular weight is 247 g/mol. The Morgan fingerprint density at radius 1 is 1.33 bits per heavy atom. The molecule has 0 radical (unpaired) electrons. The van der Waals surface area contributed by atoms with E-state index >= 15 is 0 Å². The molecular formula is C14H17NO3. The van der Waals surface area contributed by atoms with Gasteiger partial charge in [0.15, 0.2) is 5.78 Å². The molecule has 1 fully saturated rings. The molecule has 1 amide bonds. The molecule has 0 spiro atoms. The van der Waals surface area contributed by atoms with Crippen LogP contribution in [0.25, 0.3) is 0 Å². The Morgan fingerprint density at radius 3 is 2.61 bits per heavy atom. The summed E-state index contributed by atoms with van der Waals surface area (Å²) in [5, 5.41) is 0. The molecule has 0 saturated carbocycles. The lowest BCUT2D eigenvalue weighted by molar-refractivity contribution is -0.120. The number of ether oxygens (including phenoxy) is 1. The van der Waals surface area contributed by atoms with Crippen LogP contribution in [0.15, 0.2) is 24.3 Å². The van der Waals surface area contributed by atoms with E-state index in [4.69, 9.17) is 4.74 Å². The number of anilines is 1. The first-order valence-corrected chi connectivity index (χ1v) is 6.25. The fourth-order valence-corrected chi connectivity index (χ4v) is 1.91. The third kappa shape index (κ3) is 2.88. The van der Waals surface area contributed by atoms with Gasteiger partial charge in [0.1, 0.15) is 12.4 Å². The van der Waals surface area contributed by atoms with E-state index in [0.717, 1.165) is 18.7 Å². The molecule has 4 nitrogen and oxygen atoms in total. The summed E-state index contributed by atoms with van der Waals surface area (Å²) in [5.41, 5.74) is 0.895. The summed E-state index contributed by atoms with van der Waals surface area (Å²) in [5.74, 6) is 0.908. The van der Waals surface area contributed by atoms with Crippen LogP contribution in [0.5, 0.6) is 5.75 Å². The molecule has 1 aromatic carbocycles. The Morgan fingerprint density at radius 2 is 2.06 bits per heavy atom. The first kappa shape index (κ1) is 12.6. The molecule has 4 heteroatoms. The molecule has 0 aromatic heterocycles. The maximum absolute atomic E-state index is 11.6. The molecule has 1 aliphatic heterocycles. The van der Waals surface area contributed by atoms with Crippen LogP contribution in [0.3, 0.4) is 0 Å². The summed E-state index contributed by atoms with van der Waals surface area (Å²) in [7, 11) is 0. The number of rotatable bonds is 5. The largest absolute Gasteiger partial charge is 0.486 e. The Kier molecular flexibility index (Phi) is 3.97. The number of nitrogens with zero attached hydrogens (tertiary/aromatic N) is 1. The topological polar surface area (TPSA) is 46.6 Å². The lowest BCUT2D eigenvalue weighted by atomic mass is 10.2. The molecule has 0 aliphatic carbocycles. The maximum atomic E-state index is 11.6. The van der Waals surface area contributed by atoms with E-state index < -0.39 is 0 Å². The van der Waals surface area contributed by atoms with Gasteiger partial charge in [0.05, 0.1) is 0 Å². The minimum atomic E-state index is 0.0776. The van der Waals surface area contributed by atoms with Crippen molar-refractivity contribution in [3.63, 3.8) is 0 Å². The molecule has 96 valence electrons. The molecular weight excluding hydrogens is 230 g/mol. The number of benzene rings is 1. The molecule has 0 atom stereocenters. The predicted octanol–water partition coefficient (Wildman–Crippen LogP) is 2.17. The van der Waals surface area contributed by atoms with Crippen molar-refractivity contribution in [3.05, 3.63) is 24.3 Å². The second-order valence-corrected chi connectivity index (χ2v) is 4.32. The van der Waals surface area contributed by atoms with Gasteiger partial charge in [-0.2, -0.15) is 0 Å². The zero-order valence-electron chi connectivity index (χ0n) is 10.5. The van der Waals surface area contributed by atoms with E-state index in [-0.39, 0.29) is 18.3 Å². The summed E-state index contributed by atoms with van der Waals surface area (Å²) >= 11 is 0. The SMILES string of the molecule is CCC(=O)COc1ccc(N2CCCC2=O)cc1. The van der Waals surface area contributed by atoms with Crippen LogP contribution in [0.2, 0.25) is 0 Å². The molecule has 0 N–H and O–H groups in total. The zero-order valence-corrected chi connectivity index (χ0v) is 10.5. The molecule has 0 unspecified atom stereocenters. The van der Waals surface area contributed by atoms with Crippen LogP contribution in [0.1, 0.15) is 26.2 Å². The number of Topliss-reactive ketones (excluding diaryl/α,β-unsaturated/α-hetero) is 1. The molecule has 1 saturated heterocycles. The Hall–Kier alpha value is -1.84. The monoisotopic (exact) mass is 247 g/mol. The van der Waals surface area contributed by atoms with Crippen molar-refractivity contribution in [2.75, 3.05) is 18.1 Å². The van der Waals surface area contributed by atoms with Gasteiger partial charge in [0.2, 0.25) is 5.91 Å². The molecule has 0 bridgehead atoms. The highest BCUT2D eigenvalue weighted by Gasteiger charge is 2.21. The fraction of sp³-hybridized carbons (Fsp3) is 0.429. The van der Waals surface area contributed by atoms with Gasteiger partial charge in [-0.3, -0.25) is 9.59 Å². The molecule has 1 heterocycles. The van der Waals surface area contributed by atoms with Gasteiger partial charge in [-0.25, -0.2) is 0 Å². The van der Waals surface area contributed by atoms with Gasteiger partial charge in [-0.05, 0) is 30.7 Å². The second kappa shape index (κ2) is 5.67. The maximum Gasteiger partial charge on any atom is 0.227 e. The van der Waals surface area contributed by atoms with Crippen molar-refractivity contribution in [3.8, 4) is 5.75 Å². The van der Waals surface area contributed by atoms with Gasteiger partial charge in [-0.15, -0.1) is 0 Å². The lowest BCUT2D eigenvalue weighted by Crippen LogP contribution is -2.23. The Balaban J connectivity index is 1.97. The number of hydrogen-bond acceptors (Lipinski definition) is 3. The quantitative estimate of drug-likeness (QED) is 0.801. The predicted molar refractivity (Wildman–Crippen MR) is 68.8 cm³/mol. The number of ketones is 1. The van der Waals surface area contributed by atoms with E-state index in [2.05, 4.69) is 0 Å². The zero-order chi connectivity index (χ0) is 13.0. The Labute approximate surface area is 107 Å². The van der Waals surface area contributed by atoms with Crippen molar-refractivity contribution >= 4 is 17.4 Å². The molecule has 1 aromatic rings. The summed E-state index contributed by atoms with van der Waals surface area (Å²) in [6.45, 7) is 2.71. The van der Waals surface area contributed by atoms with Crippen molar-refractivity contribution in [1.29, 1.82) is 0 Å². The van der Waals surface area contributed by atoms with Crippen molar-refractivity contribution in [1.82, 2.24) is 0 Å². The standard InChI is InChI=1S/C14H17NO3/c1-2-12(16)10-18-13-7-5-11(6-8-13)15-9-3-4-14(15)17/h5-8H,2-4,9-10H2,1H3. The van der Waals surface area contributed by atoms with Gasteiger partial charge < -0.3 is 9.64 Å². The summed E-state index contributed by atoms with van der Waals surface area (Å²) in [6.07, 6.45) is 2.03. The summed E-state index contributed by atoms with van der Waals surface area (Å²) in [6, 6.07) is 7.30. The van der Waals surface area contributed by atoms with Crippen LogP contribution >= 0.6 is 0 Å². The van der Waals surface area contributed by atoms with Crippen LogP contribution in [-0.4, -0.2) is 24.8 Å². The second-order valence-electron chi connectivity index (χ2n) is 4.32. The third-order valence-corrected chi connectivity index (χ3v) is 3.02. The van der Waals surface area contributed by atoms with Crippen LogP contribution in [0.4, 0.5) is 5.69 Å². The third-order valence-electron chi connectivity index (χ3n) is 3.02. The number of carbonyl (C=O) groups excluding carboxylic acids is 2. The van der Waals surface area contributed by atoms with Crippen molar-refractivity contribution in [2.45, 2.75) is 26.2 Å². The van der Waals surface area contributed by atoms with E-state index in [1.165, 1.54) is 0 Å². The first-order valence-electron chi connectivity index (χ1n) is 6.25. The van der Waals surface area contributed by atoms with E-state index in [1.807, 2.05) is 19.1 Å². The minimum Gasteiger partial charge on any atom is -0.486 e. The number of hydrogen-bond donors (Lipinski definition) is 0. The van der Waals surface area contributed by atoms with Crippen LogP contribution in [0, 0.1) is 0 Å². The highest BCUT2D eigenvalue weighted by Crippen LogP contribution is 2.23. The highest BCUT2D eigenvalue weighted by atomic mass is 16.5. The normalized spacial score (nSPS) is 14.9. The van der Waals surface area contributed by atoms with Gasteiger partial charge in [0.25, 0.3) is 0 Å². The number of amides is 1. The van der Waals surface area contributed by atoms with Gasteiger partial charge in [0, 0.05) is 25.1 Å². The van der Waals surface area contributed by atoms with Crippen LogP contribution in [-0.2, 0) is 9.59 Å². The first-order chi connectivity index (χ1) is 8.70. The highest BCUT2D eigenvalue weighted by molar-refractivity contribution is 5.95. The lowest BCUT2D eigenvalue weighted by Gasteiger charge is -2.15. The smallest absolute Gasteiger partial charge is 0.227 e. The van der Waals surface area contributed by atoms with Crippen molar-refractivity contribution < 1.29 is 14.3 Å². The molecule has 1 aliphatic rings. The summed E-state index contributed by atoms with van der Waals surface area (Å²) < 4.78 is 5.35. The fourth-order valence-electron chi connectivity index (χ4n) is 1.91. The average Bonchev–Trinajstić information content (AvgIpc) is 2.83. The van der Waals surface area contributed by atoms with Crippen LogP contribution < -0.4 is 9.64 Å².